The molecule has 1 saturated heterocycles. The Kier molecular flexibility index (Phi) is 10.3. The maximum absolute atomic E-state index is 11.9. The minimum absolute atomic E-state index is 0.00851. The van der Waals surface area contributed by atoms with Crippen LogP contribution in [-0.2, 0) is 15.0 Å². The molecule has 0 spiro atoms. The predicted octanol–water partition coefficient (Wildman–Crippen LogP) is -1.87. The van der Waals surface area contributed by atoms with E-state index in [-0.39, 0.29) is 12.8 Å². The van der Waals surface area contributed by atoms with E-state index in [1.54, 1.807) is 0 Å². The fourth-order valence-electron chi connectivity index (χ4n) is 2.31. The SMILES string of the molecule is CSCC[C@H](O)CC/C(S[C@@H]1O[C@H](CO)[C@@H](O)[C@H](O)[C@H]1O)=[N+](/[O-])S(=O)(=O)O. The van der Waals surface area contributed by atoms with Crippen molar-refractivity contribution in [3.63, 3.8) is 0 Å². The lowest BCUT2D eigenvalue weighted by Gasteiger charge is -2.39. The lowest BCUT2D eigenvalue weighted by atomic mass is 10.0. The summed E-state index contributed by atoms with van der Waals surface area (Å²) in [7, 11) is -5.14. The summed E-state index contributed by atoms with van der Waals surface area (Å²) >= 11 is 1.92. The van der Waals surface area contributed by atoms with E-state index >= 15 is 0 Å². The van der Waals surface area contributed by atoms with Crippen molar-refractivity contribution in [1.29, 1.82) is 0 Å². The second-order valence-electron chi connectivity index (χ2n) is 5.89. The van der Waals surface area contributed by atoms with Gasteiger partial charge in [-0.3, -0.25) is 0 Å². The van der Waals surface area contributed by atoms with E-state index in [1.807, 2.05) is 6.26 Å². The Morgan fingerprint density at radius 3 is 2.37 bits per heavy atom. The highest BCUT2D eigenvalue weighted by atomic mass is 32.2. The van der Waals surface area contributed by atoms with Gasteiger partial charge >= 0.3 is 10.3 Å². The molecule has 0 aromatic rings. The molecule has 1 aliphatic heterocycles. The highest BCUT2D eigenvalue weighted by Crippen LogP contribution is 2.30. The van der Waals surface area contributed by atoms with E-state index in [9.17, 15) is 39.2 Å². The third-order valence-corrected chi connectivity index (χ3v) is 6.52. The normalized spacial score (nSPS) is 31.4. The second-order valence-corrected chi connectivity index (χ2v) is 9.27. The maximum atomic E-state index is 11.9. The Morgan fingerprint density at radius 1 is 1.22 bits per heavy atom. The lowest BCUT2D eigenvalue weighted by Crippen LogP contribution is -2.57. The van der Waals surface area contributed by atoms with Crippen molar-refractivity contribution in [2.45, 2.75) is 55.2 Å². The second kappa shape index (κ2) is 11.1. The Labute approximate surface area is 165 Å². The van der Waals surface area contributed by atoms with Crippen LogP contribution in [0, 0.1) is 5.21 Å². The predicted molar refractivity (Wildman–Crippen MR) is 99.8 cm³/mol. The number of thioether (sulfide) groups is 2. The first kappa shape index (κ1) is 24.9. The molecule has 0 amide bonds. The molecule has 6 N–H and O–H groups in total. The van der Waals surface area contributed by atoms with E-state index in [0.29, 0.717) is 23.9 Å². The molecule has 0 aromatic carbocycles. The quantitative estimate of drug-likeness (QED) is 0.0572. The maximum Gasteiger partial charge on any atom is 0.518 e. The molecule has 14 heteroatoms. The summed E-state index contributed by atoms with van der Waals surface area (Å²) in [6.45, 7) is -0.690. The van der Waals surface area contributed by atoms with E-state index < -0.39 is 62.1 Å². The highest BCUT2D eigenvalue weighted by molar-refractivity contribution is 8.14. The summed E-state index contributed by atoms with van der Waals surface area (Å²) in [5.74, 6) is 0.649. The van der Waals surface area contributed by atoms with Crippen LogP contribution in [0.1, 0.15) is 19.3 Å². The van der Waals surface area contributed by atoms with Crippen LogP contribution >= 0.6 is 23.5 Å². The van der Waals surface area contributed by atoms with Gasteiger partial charge in [-0.2, -0.15) is 11.8 Å². The Balaban J connectivity index is 2.97. The third-order valence-electron chi connectivity index (χ3n) is 3.86. The molecule has 1 aliphatic rings. The van der Waals surface area contributed by atoms with Gasteiger partial charge in [0.15, 0.2) is 0 Å². The molecule has 1 heterocycles. The van der Waals surface area contributed by atoms with Gasteiger partial charge in [0.1, 0.15) is 29.9 Å². The highest BCUT2D eigenvalue weighted by Gasteiger charge is 2.45. The minimum atomic E-state index is -5.14. The topological polar surface area (TPSA) is 191 Å². The number of rotatable bonds is 9. The molecule has 1 fully saturated rings. The van der Waals surface area contributed by atoms with Crippen molar-refractivity contribution in [1.82, 2.24) is 0 Å². The van der Waals surface area contributed by atoms with Gasteiger partial charge in [0.25, 0.3) is 0 Å². The van der Waals surface area contributed by atoms with Gasteiger partial charge in [-0.1, -0.05) is 4.14 Å². The number of aliphatic hydroxyl groups excluding tert-OH is 5. The van der Waals surface area contributed by atoms with Crippen molar-refractivity contribution in [3.8, 4) is 0 Å². The molecule has 6 atom stereocenters. The van der Waals surface area contributed by atoms with Gasteiger partial charge < -0.3 is 35.5 Å². The fraction of sp³-hybridized carbons (Fsp3) is 0.923. The van der Waals surface area contributed by atoms with E-state index in [2.05, 4.69) is 0 Å². The van der Waals surface area contributed by atoms with Gasteiger partial charge in [0.05, 0.1) is 12.7 Å². The molecule has 0 saturated carbocycles. The van der Waals surface area contributed by atoms with Crippen molar-refractivity contribution in [2.75, 3.05) is 18.6 Å². The molecule has 160 valence electrons. The summed E-state index contributed by atoms with van der Waals surface area (Å²) in [5.41, 5.74) is -1.39. The van der Waals surface area contributed by atoms with Crippen LogP contribution < -0.4 is 0 Å². The molecular formula is C13H25NO10S3. The van der Waals surface area contributed by atoms with E-state index in [1.165, 1.54) is 11.8 Å². The summed E-state index contributed by atoms with van der Waals surface area (Å²) in [5, 5.41) is 60.0. The number of ether oxygens (including phenoxy) is 1. The molecule has 0 unspecified atom stereocenters. The standard InChI is InChI=1S/C13H25NO10S3/c1-25-5-4-7(16)2-3-9(14(20)27(21,22)23)26-13-12(19)11(18)10(17)8(6-15)24-13/h7-8,10-13,15-19H,2-6H2,1H3,(H,21,22,23)/b14-9+/t7-,8-,10-,11+,12-,13+/m1/s1. The molecule has 1 rings (SSSR count). The van der Waals surface area contributed by atoms with Gasteiger partial charge in [0.2, 0.25) is 5.04 Å². The Hall–Kier alpha value is -0.160. The van der Waals surface area contributed by atoms with Gasteiger partial charge in [0, 0.05) is 6.42 Å². The number of hydrogen-bond acceptors (Lipinski definition) is 11. The van der Waals surface area contributed by atoms with Crippen LogP contribution in [0.15, 0.2) is 0 Å². The van der Waals surface area contributed by atoms with Gasteiger partial charge in [-0.15, -0.1) is 8.42 Å². The molecular weight excluding hydrogens is 426 g/mol. The third kappa shape index (κ3) is 7.30. The van der Waals surface area contributed by atoms with Crippen molar-refractivity contribution >= 4 is 38.9 Å². The van der Waals surface area contributed by atoms with Crippen LogP contribution in [0.4, 0.5) is 0 Å². The first-order chi connectivity index (χ1) is 12.5. The summed E-state index contributed by atoms with van der Waals surface area (Å²) in [6, 6.07) is 0. The average molecular weight is 452 g/mol. The van der Waals surface area contributed by atoms with E-state index in [4.69, 9.17) is 9.29 Å². The average Bonchev–Trinajstić information content (AvgIpc) is 2.61. The minimum Gasteiger partial charge on any atom is -0.605 e. The molecule has 0 bridgehead atoms. The smallest absolute Gasteiger partial charge is 0.518 e. The number of hydrogen-bond donors (Lipinski definition) is 6. The van der Waals surface area contributed by atoms with Gasteiger partial charge in [-0.05, 0) is 36.6 Å². The lowest BCUT2D eigenvalue weighted by molar-refractivity contribution is -0.290. The Morgan fingerprint density at radius 2 is 1.85 bits per heavy atom. The van der Waals surface area contributed by atoms with Crippen LogP contribution in [0.3, 0.4) is 0 Å². The zero-order valence-electron chi connectivity index (χ0n) is 14.5. The molecule has 0 aliphatic carbocycles. The van der Waals surface area contributed by atoms with Gasteiger partial charge in [-0.25, -0.2) is 4.55 Å². The largest absolute Gasteiger partial charge is 0.605 e. The zero-order chi connectivity index (χ0) is 20.8. The first-order valence-corrected chi connectivity index (χ1v) is 11.6. The number of nitrogens with zero attached hydrogens (tertiary/aromatic N) is 1. The van der Waals surface area contributed by atoms with Crippen molar-refractivity contribution < 1.29 is 47.4 Å². The Bertz CT molecular complexity index is 599. The first-order valence-electron chi connectivity index (χ1n) is 7.97. The molecule has 27 heavy (non-hydrogen) atoms. The van der Waals surface area contributed by atoms with E-state index in [0.717, 1.165) is 0 Å². The monoisotopic (exact) mass is 451 g/mol. The van der Waals surface area contributed by atoms with Crippen LogP contribution in [0.25, 0.3) is 0 Å². The summed E-state index contributed by atoms with van der Waals surface area (Å²) in [4.78, 5) is 0. The van der Waals surface area contributed by atoms with Crippen LogP contribution in [0.2, 0.25) is 0 Å². The molecule has 0 aromatic heterocycles. The fourth-order valence-corrected chi connectivity index (χ4v) is 4.67. The summed E-state index contributed by atoms with van der Waals surface area (Å²) < 4.78 is 35.9. The molecule has 11 nitrogen and oxygen atoms in total. The molecule has 0 radical (unpaired) electrons. The van der Waals surface area contributed by atoms with Crippen molar-refractivity contribution in [2.24, 2.45) is 0 Å². The zero-order valence-corrected chi connectivity index (χ0v) is 16.9. The summed E-state index contributed by atoms with van der Waals surface area (Å²) in [6.07, 6.45) is -5.05. The van der Waals surface area contributed by atoms with Crippen molar-refractivity contribution in [3.05, 3.63) is 5.21 Å². The van der Waals surface area contributed by atoms with Crippen LogP contribution in [-0.4, -0.2) is 102 Å². The number of aliphatic hydroxyl groups is 5. The van der Waals surface area contributed by atoms with Crippen LogP contribution in [0.5, 0.6) is 0 Å².